The number of hydrogen-bond donors (Lipinski definition) is 2. The molecule has 7 nitrogen and oxygen atoms in total. The van der Waals surface area contributed by atoms with Gasteiger partial charge in [-0.25, -0.2) is 10.2 Å². The van der Waals surface area contributed by atoms with Crippen LogP contribution >= 0.6 is 22.9 Å². The molecule has 0 aliphatic carbocycles. The molecule has 1 aromatic heterocycles. The van der Waals surface area contributed by atoms with E-state index in [0.717, 1.165) is 29.3 Å². The molecular formula is C32H40ClN3O4S. The Morgan fingerprint density at radius 2 is 1.56 bits per heavy atom. The van der Waals surface area contributed by atoms with Crippen molar-refractivity contribution in [3.8, 4) is 5.75 Å². The highest BCUT2D eigenvalue weighted by atomic mass is 35.5. The predicted molar refractivity (Wildman–Crippen MR) is 168 cm³/mol. The molecule has 2 aromatic carbocycles. The van der Waals surface area contributed by atoms with Gasteiger partial charge < -0.3 is 10.1 Å². The lowest BCUT2D eigenvalue weighted by molar-refractivity contribution is -0.126. The number of nitrogens with one attached hydrogen (secondary N) is 2. The molecule has 9 heteroatoms. The van der Waals surface area contributed by atoms with Crippen molar-refractivity contribution in [1.29, 1.82) is 0 Å². The first-order chi connectivity index (χ1) is 20.0. The molecule has 3 aromatic rings. The third kappa shape index (κ3) is 11.7. The molecule has 0 fully saturated rings. The Labute approximate surface area is 251 Å². The normalized spacial score (nSPS) is 11.2. The second-order valence-electron chi connectivity index (χ2n) is 10.1. The predicted octanol–water partition coefficient (Wildman–Crippen LogP) is 8.04. The molecule has 220 valence electrons. The van der Waals surface area contributed by atoms with Gasteiger partial charge in [-0.15, -0.1) is 11.3 Å². The van der Waals surface area contributed by atoms with Crippen molar-refractivity contribution in [3.05, 3.63) is 64.0 Å². The van der Waals surface area contributed by atoms with Crippen LogP contribution in [-0.2, 0) is 9.59 Å². The number of hydrazone groups is 1. The van der Waals surface area contributed by atoms with E-state index in [4.69, 9.17) is 16.3 Å². The second-order valence-corrected chi connectivity index (χ2v) is 11.5. The molecular weight excluding hydrogens is 558 g/mol. The van der Waals surface area contributed by atoms with Crippen LogP contribution in [0.3, 0.4) is 0 Å². The lowest BCUT2D eigenvalue weighted by Gasteiger charge is -2.05. The van der Waals surface area contributed by atoms with Gasteiger partial charge in [0.1, 0.15) is 10.6 Å². The fraction of sp³-hybridized carbons (Fsp3) is 0.438. The molecule has 0 bridgehead atoms. The molecule has 0 radical (unpaired) electrons. The first-order valence-electron chi connectivity index (χ1n) is 14.6. The van der Waals surface area contributed by atoms with E-state index in [9.17, 15) is 14.4 Å². The maximum absolute atomic E-state index is 12.7. The minimum Gasteiger partial charge on any atom is -0.422 e. The average Bonchev–Trinajstić information content (AvgIpc) is 3.31. The molecule has 3 rings (SSSR count). The number of unbranched alkanes of at least 4 members (excludes halogenated alkanes) is 10. The van der Waals surface area contributed by atoms with Gasteiger partial charge in [-0.1, -0.05) is 113 Å². The largest absolute Gasteiger partial charge is 0.422 e. The average molecular weight is 598 g/mol. The molecule has 0 saturated heterocycles. The summed E-state index contributed by atoms with van der Waals surface area (Å²) in [7, 11) is 0. The van der Waals surface area contributed by atoms with Crippen molar-refractivity contribution in [2.45, 2.75) is 84.0 Å². The number of amides is 2. The highest BCUT2D eigenvalue weighted by Crippen LogP contribution is 2.35. The number of rotatable bonds is 18. The van der Waals surface area contributed by atoms with Gasteiger partial charge in [-0.2, -0.15) is 5.10 Å². The summed E-state index contributed by atoms with van der Waals surface area (Å²) in [6.07, 6.45) is 15.3. The van der Waals surface area contributed by atoms with Crippen LogP contribution in [0.1, 0.15) is 99.2 Å². The maximum Gasteiger partial charge on any atom is 0.355 e. The third-order valence-corrected chi connectivity index (χ3v) is 8.30. The summed E-state index contributed by atoms with van der Waals surface area (Å²) in [6, 6.07) is 14.3. The Balaban J connectivity index is 1.30. The van der Waals surface area contributed by atoms with Crippen molar-refractivity contribution >= 4 is 57.0 Å². The van der Waals surface area contributed by atoms with Crippen molar-refractivity contribution in [2.24, 2.45) is 5.10 Å². The van der Waals surface area contributed by atoms with Gasteiger partial charge in [0.25, 0.3) is 5.91 Å². The first kappa shape index (κ1) is 32.3. The van der Waals surface area contributed by atoms with Crippen molar-refractivity contribution < 1.29 is 19.1 Å². The Kier molecular flexibility index (Phi) is 14.4. The van der Waals surface area contributed by atoms with Crippen LogP contribution in [0.2, 0.25) is 5.02 Å². The number of ether oxygens (including phenoxy) is 1. The molecule has 0 spiro atoms. The van der Waals surface area contributed by atoms with Crippen LogP contribution in [0.4, 0.5) is 0 Å². The number of carbonyl (C=O) groups is 3. The van der Waals surface area contributed by atoms with E-state index >= 15 is 0 Å². The SMILES string of the molecule is CCCCCCCCCCCCCC(=O)NCC(=O)NN=Cc1cccc(OC(=O)c2sc3ccccc3c2Cl)c1. The molecule has 41 heavy (non-hydrogen) atoms. The fourth-order valence-corrected chi connectivity index (χ4v) is 5.78. The zero-order valence-corrected chi connectivity index (χ0v) is 25.3. The van der Waals surface area contributed by atoms with Gasteiger partial charge in [-0.05, 0) is 30.2 Å². The van der Waals surface area contributed by atoms with Crippen LogP contribution in [0.5, 0.6) is 5.75 Å². The number of benzene rings is 2. The van der Waals surface area contributed by atoms with Crippen LogP contribution in [0.25, 0.3) is 10.1 Å². The lowest BCUT2D eigenvalue weighted by Crippen LogP contribution is -2.34. The molecule has 0 saturated carbocycles. The second kappa shape index (κ2) is 18.3. The zero-order valence-electron chi connectivity index (χ0n) is 23.8. The summed E-state index contributed by atoms with van der Waals surface area (Å²) in [5.74, 6) is -0.764. The van der Waals surface area contributed by atoms with Gasteiger partial charge in [-0.3, -0.25) is 9.59 Å². The number of hydrogen-bond acceptors (Lipinski definition) is 6. The highest BCUT2D eigenvalue weighted by molar-refractivity contribution is 7.21. The Morgan fingerprint density at radius 3 is 2.27 bits per heavy atom. The molecule has 0 aliphatic heterocycles. The molecule has 1 heterocycles. The van der Waals surface area contributed by atoms with E-state index in [0.29, 0.717) is 27.6 Å². The van der Waals surface area contributed by atoms with E-state index in [-0.39, 0.29) is 12.5 Å². The van der Waals surface area contributed by atoms with E-state index in [1.54, 1.807) is 24.3 Å². The van der Waals surface area contributed by atoms with Crippen molar-refractivity contribution in [1.82, 2.24) is 10.7 Å². The molecule has 0 unspecified atom stereocenters. The number of thiophene rings is 1. The van der Waals surface area contributed by atoms with Gasteiger partial charge in [0.05, 0.1) is 17.8 Å². The van der Waals surface area contributed by atoms with E-state index in [1.165, 1.54) is 68.9 Å². The number of carbonyl (C=O) groups excluding carboxylic acids is 3. The Bertz CT molecular complexity index is 1310. The van der Waals surface area contributed by atoms with Crippen LogP contribution < -0.4 is 15.5 Å². The minimum absolute atomic E-state index is 0.131. The van der Waals surface area contributed by atoms with Crippen LogP contribution in [0.15, 0.2) is 53.6 Å². The monoisotopic (exact) mass is 597 g/mol. The number of halogens is 1. The first-order valence-corrected chi connectivity index (χ1v) is 15.7. The van der Waals surface area contributed by atoms with Crippen molar-refractivity contribution in [3.63, 3.8) is 0 Å². The summed E-state index contributed by atoms with van der Waals surface area (Å²) in [6.45, 7) is 2.10. The quantitative estimate of drug-likeness (QED) is 0.0510. The number of nitrogens with zero attached hydrogens (tertiary/aromatic N) is 1. The number of fused-ring (bicyclic) bond motifs is 1. The molecule has 2 amide bonds. The van der Waals surface area contributed by atoms with E-state index < -0.39 is 11.9 Å². The van der Waals surface area contributed by atoms with Gasteiger partial charge in [0.2, 0.25) is 5.91 Å². The molecule has 0 atom stereocenters. The maximum atomic E-state index is 12.7. The summed E-state index contributed by atoms with van der Waals surface area (Å²) >= 11 is 7.66. The zero-order chi connectivity index (χ0) is 29.3. The molecule has 2 N–H and O–H groups in total. The number of esters is 1. The van der Waals surface area contributed by atoms with Crippen LogP contribution in [0, 0.1) is 0 Å². The minimum atomic E-state index is -0.539. The summed E-state index contributed by atoms with van der Waals surface area (Å²) in [4.78, 5) is 37.1. The standard InChI is InChI=1S/C32H40ClN3O4S/c1-2-3-4-5-6-7-8-9-10-11-12-20-28(37)34-23-29(38)36-35-22-24-16-15-17-25(21-24)40-32(39)31-30(33)26-18-13-14-19-27(26)41-31/h13-19,21-22H,2-12,20,23H2,1H3,(H,34,37)(H,36,38). The summed E-state index contributed by atoms with van der Waals surface area (Å²) in [5, 5.41) is 7.76. The Morgan fingerprint density at radius 1 is 0.878 bits per heavy atom. The topological polar surface area (TPSA) is 96.9 Å². The summed E-state index contributed by atoms with van der Waals surface area (Å²) < 4.78 is 6.42. The van der Waals surface area contributed by atoms with Crippen LogP contribution in [-0.4, -0.2) is 30.5 Å². The van der Waals surface area contributed by atoms with E-state index in [1.807, 2.05) is 24.3 Å². The Hall–Kier alpha value is -3.23. The lowest BCUT2D eigenvalue weighted by atomic mass is 10.1. The highest BCUT2D eigenvalue weighted by Gasteiger charge is 2.19. The summed E-state index contributed by atoms with van der Waals surface area (Å²) in [5.41, 5.74) is 3.02. The van der Waals surface area contributed by atoms with Gasteiger partial charge in [0.15, 0.2) is 0 Å². The third-order valence-electron chi connectivity index (χ3n) is 6.65. The van der Waals surface area contributed by atoms with Gasteiger partial charge in [0, 0.05) is 16.5 Å². The molecule has 0 aliphatic rings. The van der Waals surface area contributed by atoms with Crippen molar-refractivity contribution in [2.75, 3.05) is 6.54 Å². The van der Waals surface area contributed by atoms with Gasteiger partial charge >= 0.3 is 5.97 Å². The smallest absolute Gasteiger partial charge is 0.355 e. The van der Waals surface area contributed by atoms with E-state index in [2.05, 4.69) is 22.8 Å². The fourth-order valence-electron chi connectivity index (χ4n) is 4.39.